The Kier molecular flexibility index (Phi) is 6.03. The summed E-state index contributed by atoms with van der Waals surface area (Å²) in [4.78, 5) is 23.4. The largest absolute Gasteiger partial charge is 0.279 e. The number of fused-ring (bicyclic) bond motifs is 1. The predicted molar refractivity (Wildman–Crippen MR) is 123 cm³/mol. The maximum atomic E-state index is 14.2. The number of para-hydroxylation sites is 1. The number of halogens is 1. The molecule has 164 valence electrons. The van der Waals surface area contributed by atoms with Gasteiger partial charge in [0, 0.05) is 18.0 Å². The van der Waals surface area contributed by atoms with Crippen molar-refractivity contribution in [1.29, 1.82) is 0 Å². The lowest BCUT2D eigenvalue weighted by molar-refractivity contribution is 0.0985. The first kappa shape index (κ1) is 22.0. The van der Waals surface area contributed by atoms with Crippen LogP contribution in [0.3, 0.4) is 0 Å². The first-order valence-corrected chi connectivity index (χ1v) is 12.2. The highest BCUT2D eigenvalue weighted by atomic mass is 32.2. The first-order chi connectivity index (χ1) is 15.3. The second-order valence-corrected chi connectivity index (χ2v) is 11.0. The molecule has 0 aliphatic heterocycles. The number of hydrogen-bond donors (Lipinski definition) is 0. The van der Waals surface area contributed by atoms with Crippen LogP contribution in [-0.2, 0) is 16.4 Å². The molecule has 0 saturated heterocycles. The number of thiazole rings is 1. The Morgan fingerprint density at radius 2 is 1.75 bits per heavy atom. The van der Waals surface area contributed by atoms with Gasteiger partial charge in [-0.2, -0.15) is 0 Å². The third-order valence-electron chi connectivity index (χ3n) is 4.97. The van der Waals surface area contributed by atoms with Crippen LogP contribution in [0, 0.1) is 5.82 Å². The van der Waals surface area contributed by atoms with Gasteiger partial charge in [-0.15, -0.1) is 0 Å². The molecular weight excluding hydrogens is 449 g/mol. The maximum Gasteiger partial charge on any atom is 0.260 e. The Bertz CT molecular complexity index is 1370. The molecular formula is C23H20FN3O3S2. The van der Waals surface area contributed by atoms with E-state index in [4.69, 9.17) is 0 Å². The summed E-state index contributed by atoms with van der Waals surface area (Å²) in [5, 5.41) is -0.212. The predicted octanol–water partition coefficient (Wildman–Crippen LogP) is 4.86. The van der Waals surface area contributed by atoms with Crippen LogP contribution in [0.4, 0.5) is 9.52 Å². The van der Waals surface area contributed by atoms with Crippen LogP contribution in [0.25, 0.3) is 10.2 Å². The second kappa shape index (κ2) is 8.76. The molecule has 0 saturated carbocycles. The fourth-order valence-electron chi connectivity index (χ4n) is 3.13. The summed E-state index contributed by atoms with van der Waals surface area (Å²) < 4.78 is 39.6. The number of nitrogens with zero attached hydrogens (tertiary/aromatic N) is 3. The Morgan fingerprint density at radius 1 is 1.06 bits per heavy atom. The molecule has 0 aliphatic carbocycles. The minimum Gasteiger partial charge on any atom is -0.279 e. The number of aromatic nitrogens is 2. The minimum atomic E-state index is -3.45. The van der Waals surface area contributed by atoms with Gasteiger partial charge in [-0.05, 0) is 67.9 Å². The molecule has 2 aromatic heterocycles. The number of sulfone groups is 1. The van der Waals surface area contributed by atoms with Gasteiger partial charge in [0.2, 0.25) is 0 Å². The lowest BCUT2D eigenvalue weighted by Crippen LogP contribution is -2.30. The summed E-state index contributed by atoms with van der Waals surface area (Å²) in [5.41, 5.74) is 1.34. The number of carbonyl (C=O) groups is 1. The summed E-state index contributed by atoms with van der Waals surface area (Å²) in [7, 11) is -3.45. The fourth-order valence-corrected chi connectivity index (χ4v) is 5.17. The third-order valence-corrected chi connectivity index (χ3v) is 8.19. The Balaban J connectivity index is 1.74. The smallest absolute Gasteiger partial charge is 0.260 e. The van der Waals surface area contributed by atoms with Crippen molar-refractivity contribution in [2.75, 3.05) is 4.90 Å². The van der Waals surface area contributed by atoms with Gasteiger partial charge < -0.3 is 0 Å². The second-order valence-electron chi connectivity index (χ2n) is 7.45. The molecule has 2 aromatic carbocycles. The SMILES string of the molecule is CC(C)S(=O)(=O)c1ccc(C(=O)N(Cc2ccncc2)c2nc3c(F)cccc3s2)cc1. The molecule has 6 nitrogen and oxygen atoms in total. The van der Waals surface area contributed by atoms with Crippen molar-refractivity contribution >= 4 is 42.4 Å². The van der Waals surface area contributed by atoms with E-state index in [9.17, 15) is 17.6 Å². The van der Waals surface area contributed by atoms with E-state index in [0.717, 1.165) is 5.56 Å². The molecule has 0 unspecified atom stereocenters. The fraction of sp³-hybridized carbons (Fsp3) is 0.174. The molecule has 4 rings (SSSR count). The van der Waals surface area contributed by atoms with Gasteiger partial charge in [0.05, 0.1) is 21.4 Å². The monoisotopic (exact) mass is 469 g/mol. The molecule has 0 aliphatic rings. The Hall–Kier alpha value is -3.17. The lowest BCUT2D eigenvalue weighted by Gasteiger charge is -2.20. The average molecular weight is 470 g/mol. The van der Waals surface area contributed by atoms with Gasteiger partial charge >= 0.3 is 0 Å². The molecule has 32 heavy (non-hydrogen) atoms. The minimum absolute atomic E-state index is 0.159. The summed E-state index contributed by atoms with van der Waals surface area (Å²) in [5.74, 6) is -0.820. The zero-order valence-corrected chi connectivity index (χ0v) is 19.0. The maximum absolute atomic E-state index is 14.2. The quantitative estimate of drug-likeness (QED) is 0.403. The topological polar surface area (TPSA) is 80.2 Å². The number of anilines is 1. The average Bonchev–Trinajstić information content (AvgIpc) is 3.23. The third kappa shape index (κ3) is 4.26. The summed E-state index contributed by atoms with van der Waals surface area (Å²) in [6, 6.07) is 14.1. The lowest BCUT2D eigenvalue weighted by atomic mass is 10.2. The molecule has 1 amide bonds. The highest BCUT2D eigenvalue weighted by molar-refractivity contribution is 7.92. The van der Waals surface area contributed by atoms with Gasteiger partial charge in [0.1, 0.15) is 11.3 Å². The molecule has 0 bridgehead atoms. The van der Waals surface area contributed by atoms with Crippen molar-refractivity contribution < 1.29 is 17.6 Å². The molecule has 4 aromatic rings. The highest BCUT2D eigenvalue weighted by Gasteiger charge is 2.24. The van der Waals surface area contributed by atoms with Crippen molar-refractivity contribution in [3.8, 4) is 0 Å². The van der Waals surface area contributed by atoms with Gasteiger partial charge in [-0.25, -0.2) is 17.8 Å². The van der Waals surface area contributed by atoms with E-state index < -0.39 is 20.9 Å². The van der Waals surface area contributed by atoms with E-state index in [1.54, 1.807) is 50.5 Å². The molecule has 0 spiro atoms. The molecule has 0 atom stereocenters. The van der Waals surface area contributed by atoms with Crippen molar-refractivity contribution in [2.45, 2.75) is 30.5 Å². The summed E-state index contributed by atoms with van der Waals surface area (Å²) in [6.07, 6.45) is 3.25. The van der Waals surface area contributed by atoms with Crippen molar-refractivity contribution in [2.24, 2.45) is 0 Å². The number of pyridine rings is 1. The van der Waals surface area contributed by atoms with Crippen LogP contribution in [0.15, 0.2) is 71.9 Å². The molecule has 0 fully saturated rings. The normalized spacial score (nSPS) is 11.8. The summed E-state index contributed by atoms with van der Waals surface area (Å²) >= 11 is 1.22. The number of carbonyl (C=O) groups excluding carboxylic acids is 1. The van der Waals surface area contributed by atoms with E-state index in [1.807, 2.05) is 0 Å². The van der Waals surface area contributed by atoms with Crippen LogP contribution in [0.1, 0.15) is 29.8 Å². The van der Waals surface area contributed by atoms with E-state index in [2.05, 4.69) is 9.97 Å². The van der Waals surface area contributed by atoms with Gasteiger partial charge in [0.15, 0.2) is 15.0 Å². The van der Waals surface area contributed by atoms with E-state index >= 15 is 0 Å². The van der Waals surface area contributed by atoms with Crippen LogP contribution in [0.2, 0.25) is 0 Å². The number of rotatable bonds is 6. The zero-order chi connectivity index (χ0) is 22.9. The van der Waals surface area contributed by atoms with Crippen LogP contribution in [0.5, 0.6) is 0 Å². The first-order valence-electron chi connectivity index (χ1n) is 9.87. The van der Waals surface area contributed by atoms with Crippen molar-refractivity contribution in [1.82, 2.24) is 9.97 Å². The Labute approximate surface area is 189 Å². The number of benzene rings is 2. The summed E-state index contributed by atoms with van der Waals surface area (Å²) in [6.45, 7) is 3.42. The molecule has 0 N–H and O–H groups in total. The standard InChI is InChI=1S/C23H20FN3O3S2/c1-15(2)32(29,30)18-8-6-17(7-9-18)22(28)27(14-16-10-12-25-13-11-16)23-26-21-19(24)4-3-5-20(21)31-23/h3-13,15H,14H2,1-2H3. The van der Waals surface area contributed by atoms with Crippen LogP contribution < -0.4 is 4.90 Å². The molecule has 0 radical (unpaired) electrons. The van der Waals surface area contributed by atoms with Gasteiger partial charge in [-0.3, -0.25) is 14.7 Å². The van der Waals surface area contributed by atoms with Crippen molar-refractivity contribution in [3.63, 3.8) is 0 Å². The van der Waals surface area contributed by atoms with E-state index in [-0.39, 0.29) is 22.9 Å². The number of amides is 1. The van der Waals surface area contributed by atoms with E-state index in [0.29, 0.717) is 15.4 Å². The van der Waals surface area contributed by atoms with Crippen LogP contribution >= 0.6 is 11.3 Å². The van der Waals surface area contributed by atoms with Gasteiger partial charge in [0.25, 0.3) is 5.91 Å². The van der Waals surface area contributed by atoms with Gasteiger partial charge in [-0.1, -0.05) is 17.4 Å². The van der Waals surface area contributed by atoms with E-state index in [1.165, 1.54) is 46.6 Å². The van der Waals surface area contributed by atoms with Crippen molar-refractivity contribution in [3.05, 3.63) is 83.9 Å². The molecule has 2 heterocycles. The van der Waals surface area contributed by atoms with Crippen LogP contribution in [-0.4, -0.2) is 29.5 Å². The Morgan fingerprint density at radius 3 is 2.38 bits per heavy atom. The number of hydrogen-bond acceptors (Lipinski definition) is 6. The zero-order valence-electron chi connectivity index (χ0n) is 17.4. The highest BCUT2D eigenvalue weighted by Crippen LogP contribution is 2.32. The molecule has 9 heteroatoms.